The minimum absolute atomic E-state index is 0.152. The Kier molecular flexibility index (Phi) is 9.94. The summed E-state index contributed by atoms with van der Waals surface area (Å²) in [6, 6.07) is -0.160. The lowest BCUT2D eigenvalue weighted by Gasteiger charge is -2.12. The molecule has 0 aliphatic rings. The van der Waals surface area contributed by atoms with Gasteiger partial charge in [-0.15, -0.1) is 0 Å². The van der Waals surface area contributed by atoms with E-state index in [1.807, 2.05) is 6.92 Å². The molecule has 5 heteroatoms. The number of nitrogens with one attached hydrogen (secondary N) is 2. The van der Waals surface area contributed by atoms with Gasteiger partial charge in [-0.25, -0.2) is 4.79 Å². The van der Waals surface area contributed by atoms with E-state index in [2.05, 4.69) is 24.5 Å². The van der Waals surface area contributed by atoms with Crippen LogP contribution in [0.1, 0.15) is 52.9 Å². The molecule has 0 aliphatic heterocycles. The number of urea groups is 1. The third kappa shape index (κ3) is 13.0. The third-order valence-corrected chi connectivity index (χ3v) is 2.96. The monoisotopic (exact) mass is 272 g/mol. The molecule has 19 heavy (non-hydrogen) atoms. The van der Waals surface area contributed by atoms with Gasteiger partial charge in [0.05, 0.1) is 0 Å². The van der Waals surface area contributed by atoms with Crippen molar-refractivity contribution in [3.63, 3.8) is 0 Å². The molecule has 0 aromatic rings. The summed E-state index contributed by atoms with van der Waals surface area (Å²) in [4.78, 5) is 21.8. The van der Waals surface area contributed by atoms with Gasteiger partial charge in [0.2, 0.25) is 0 Å². The zero-order chi connectivity index (χ0) is 14.7. The lowest BCUT2D eigenvalue weighted by Crippen LogP contribution is -2.38. The Balaban J connectivity index is 3.45. The van der Waals surface area contributed by atoms with Crippen LogP contribution in [0.5, 0.6) is 0 Å². The average molecular weight is 272 g/mol. The fourth-order valence-electron chi connectivity index (χ4n) is 1.68. The maximum atomic E-state index is 11.4. The first-order valence-corrected chi connectivity index (χ1v) is 7.15. The van der Waals surface area contributed by atoms with Gasteiger partial charge >= 0.3 is 12.0 Å². The summed E-state index contributed by atoms with van der Waals surface area (Å²) < 4.78 is 0. The van der Waals surface area contributed by atoms with Crippen LogP contribution in [0.4, 0.5) is 4.79 Å². The lowest BCUT2D eigenvalue weighted by molar-refractivity contribution is -0.137. The highest BCUT2D eigenvalue weighted by Gasteiger charge is 2.07. The number of carbonyl (C=O) groups excluding carboxylic acids is 1. The normalized spacial score (nSPS) is 12.2. The van der Waals surface area contributed by atoms with E-state index < -0.39 is 5.97 Å². The van der Waals surface area contributed by atoms with E-state index >= 15 is 0 Å². The lowest BCUT2D eigenvalue weighted by atomic mass is 10.1. The smallest absolute Gasteiger partial charge is 0.314 e. The first-order valence-electron chi connectivity index (χ1n) is 7.15. The Morgan fingerprint density at radius 1 is 1.05 bits per heavy atom. The number of hydrogen-bond donors (Lipinski definition) is 3. The molecule has 0 spiro atoms. The molecule has 0 aliphatic carbocycles. The fourth-order valence-corrected chi connectivity index (χ4v) is 1.68. The van der Waals surface area contributed by atoms with Crippen LogP contribution in [0, 0.1) is 11.8 Å². The van der Waals surface area contributed by atoms with Gasteiger partial charge in [-0.3, -0.25) is 4.79 Å². The molecule has 0 bridgehead atoms. The van der Waals surface area contributed by atoms with Gasteiger partial charge in [-0.05, 0) is 24.7 Å². The highest BCUT2D eigenvalue weighted by molar-refractivity contribution is 5.73. The van der Waals surface area contributed by atoms with Gasteiger partial charge in [0.15, 0.2) is 0 Å². The summed E-state index contributed by atoms with van der Waals surface area (Å²) in [6.07, 6.45) is 4.06. The fraction of sp³-hybridized carbons (Fsp3) is 0.857. The third-order valence-electron chi connectivity index (χ3n) is 2.96. The first-order chi connectivity index (χ1) is 8.91. The predicted molar refractivity (Wildman–Crippen MR) is 76.1 cm³/mol. The first kappa shape index (κ1) is 17.7. The van der Waals surface area contributed by atoms with Gasteiger partial charge in [-0.1, -0.05) is 33.6 Å². The molecule has 0 fully saturated rings. The number of aliphatic carboxylic acids is 1. The summed E-state index contributed by atoms with van der Waals surface area (Å²) in [5.41, 5.74) is 0. The van der Waals surface area contributed by atoms with Gasteiger partial charge in [0.1, 0.15) is 0 Å². The van der Waals surface area contributed by atoms with Crippen molar-refractivity contribution in [1.29, 1.82) is 0 Å². The van der Waals surface area contributed by atoms with Gasteiger partial charge < -0.3 is 15.7 Å². The standard InChI is InChI=1S/C14H28N2O3/c1-11(2)6-4-5-9-15-14(19)16-10-12(3)7-8-13(17)18/h11-12H,4-10H2,1-3H3,(H,17,18)(H2,15,16,19). The molecule has 112 valence electrons. The molecule has 2 amide bonds. The van der Waals surface area contributed by atoms with Crippen LogP contribution < -0.4 is 10.6 Å². The summed E-state index contributed by atoms with van der Waals surface area (Å²) in [5, 5.41) is 14.1. The topological polar surface area (TPSA) is 78.4 Å². The number of rotatable bonds is 10. The van der Waals surface area contributed by atoms with Crippen molar-refractivity contribution < 1.29 is 14.7 Å². The minimum Gasteiger partial charge on any atom is -0.481 e. The largest absolute Gasteiger partial charge is 0.481 e. The van der Waals surface area contributed by atoms with Crippen LogP contribution in [-0.4, -0.2) is 30.2 Å². The van der Waals surface area contributed by atoms with E-state index in [-0.39, 0.29) is 18.4 Å². The SMILES string of the molecule is CC(C)CCCCNC(=O)NCC(C)CCC(=O)O. The zero-order valence-electron chi connectivity index (χ0n) is 12.4. The molecule has 0 aromatic carbocycles. The molecule has 1 unspecified atom stereocenters. The summed E-state index contributed by atoms with van der Waals surface area (Å²) >= 11 is 0. The predicted octanol–water partition coefficient (Wildman–Crippen LogP) is 2.61. The zero-order valence-corrected chi connectivity index (χ0v) is 12.4. The Labute approximate surface area is 116 Å². The number of carbonyl (C=O) groups is 2. The maximum absolute atomic E-state index is 11.4. The van der Waals surface area contributed by atoms with Crippen molar-refractivity contribution >= 4 is 12.0 Å². The minimum atomic E-state index is -0.790. The highest BCUT2D eigenvalue weighted by atomic mass is 16.4. The van der Waals surface area contributed by atoms with Gasteiger partial charge in [0, 0.05) is 19.5 Å². The second kappa shape index (κ2) is 10.6. The van der Waals surface area contributed by atoms with E-state index in [1.54, 1.807) is 0 Å². The van der Waals surface area contributed by atoms with E-state index in [9.17, 15) is 9.59 Å². The molecule has 0 saturated carbocycles. The molecule has 0 saturated heterocycles. The Morgan fingerprint density at radius 3 is 2.32 bits per heavy atom. The molecule has 0 aromatic heterocycles. The van der Waals surface area contributed by atoms with Crippen molar-refractivity contribution in [1.82, 2.24) is 10.6 Å². The van der Waals surface area contributed by atoms with Crippen molar-refractivity contribution in [2.75, 3.05) is 13.1 Å². The van der Waals surface area contributed by atoms with Crippen LogP contribution in [0.3, 0.4) is 0 Å². The van der Waals surface area contributed by atoms with Crippen molar-refractivity contribution in [3.05, 3.63) is 0 Å². The van der Waals surface area contributed by atoms with Crippen LogP contribution in [-0.2, 0) is 4.79 Å². The number of carboxylic acids is 1. The Bertz CT molecular complexity index is 267. The maximum Gasteiger partial charge on any atom is 0.314 e. The number of amides is 2. The van der Waals surface area contributed by atoms with Crippen LogP contribution in [0.2, 0.25) is 0 Å². The summed E-state index contributed by atoms with van der Waals surface area (Å²) in [6.45, 7) is 7.54. The molecular weight excluding hydrogens is 244 g/mol. The Hall–Kier alpha value is -1.26. The number of unbranched alkanes of at least 4 members (excludes halogenated alkanes) is 1. The number of hydrogen-bond acceptors (Lipinski definition) is 2. The van der Waals surface area contributed by atoms with E-state index in [0.717, 1.165) is 12.8 Å². The molecule has 0 rings (SSSR count). The molecule has 1 atom stereocenters. The van der Waals surface area contributed by atoms with E-state index in [4.69, 9.17) is 5.11 Å². The molecular formula is C14H28N2O3. The summed E-state index contributed by atoms with van der Waals surface area (Å²) in [5.74, 6) is 0.105. The molecule has 0 heterocycles. The van der Waals surface area contributed by atoms with Gasteiger partial charge in [-0.2, -0.15) is 0 Å². The second-order valence-electron chi connectivity index (χ2n) is 5.56. The van der Waals surface area contributed by atoms with E-state index in [0.29, 0.717) is 25.4 Å². The average Bonchev–Trinajstić information content (AvgIpc) is 2.33. The number of carboxylic acid groups (broad SMARTS) is 1. The Morgan fingerprint density at radius 2 is 1.74 bits per heavy atom. The van der Waals surface area contributed by atoms with Gasteiger partial charge in [0.25, 0.3) is 0 Å². The molecule has 0 radical (unpaired) electrons. The van der Waals surface area contributed by atoms with Crippen LogP contribution in [0.25, 0.3) is 0 Å². The van der Waals surface area contributed by atoms with E-state index in [1.165, 1.54) is 6.42 Å². The van der Waals surface area contributed by atoms with Crippen molar-refractivity contribution in [2.45, 2.75) is 52.9 Å². The van der Waals surface area contributed by atoms with Crippen molar-refractivity contribution in [2.24, 2.45) is 11.8 Å². The quantitative estimate of drug-likeness (QED) is 0.535. The van der Waals surface area contributed by atoms with Crippen LogP contribution in [0.15, 0.2) is 0 Å². The van der Waals surface area contributed by atoms with Crippen molar-refractivity contribution in [3.8, 4) is 0 Å². The second-order valence-corrected chi connectivity index (χ2v) is 5.56. The molecule has 5 nitrogen and oxygen atoms in total. The summed E-state index contributed by atoms with van der Waals surface area (Å²) in [7, 11) is 0. The molecule has 3 N–H and O–H groups in total. The van der Waals surface area contributed by atoms with Crippen LogP contribution >= 0.6 is 0 Å². The highest BCUT2D eigenvalue weighted by Crippen LogP contribution is 2.05.